The summed E-state index contributed by atoms with van der Waals surface area (Å²) in [5.41, 5.74) is 3.12. The summed E-state index contributed by atoms with van der Waals surface area (Å²) in [5, 5.41) is 12.4. The molecular formula is C17H14ClF2N7O. The van der Waals surface area contributed by atoms with Gasteiger partial charge in [-0.05, 0) is 18.2 Å². The predicted octanol–water partition coefficient (Wildman–Crippen LogP) is 3.36. The number of halogens is 3. The number of alkyl halides is 2. The van der Waals surface area contributed by atoms with Crippen LogP contribution in [0.15, 0.2) is 35.0 Å². The molecule has 4 aromatic heterocycles. The van der Waals surface area contributed by atoms with E-state index in [0.29, 0.717) is 30.7 Å². The van der Waals surface area contributed by atoms with Crippen molar-refractivity contribution in [2.45, 2.75) is 25.3 Å². The van der Waals surface area contributed by atoms with Crippen LogP contribution in [-0.4, -0.2) is 36.3 Å². The SMILES string of the molecule is CC(F)(F)c1nnc(N2CCc3[nH]cnc3[C@H]2c2cc3cccc(Cl)n3n2)o1. The fourth-order valence-electron chi connectivity index (χ4n) is 3.43. The van der Waals surface area contributed by atoms with Crippen LogP contribution in [-0.2, 0) is 12.3 Å². The summed E-state index contributed by atoms with van der Waals surface area (Å²) in [6, 6.07) is 6.83. The average molecular weight is 406 g/mol. The maximum Gasteiger partial charge on any atom is 0.321 e. The molecule has 28 heavy (non-hydrogen) atoms. The molecule has 0 fully saturated rings. The maximum atomic E-state index is 13.6. The third kappa shape index (κ3) is 2.63. The molecule has 0 saturated carbocycles. The van der Waals surface area contributed by atoms with Crippen molar-refractivity contribution in [3.05, 3.63) is 58.7 Å². The number of hydrogen-bond acceptors (Lipinski definition) is 6. The molecule has 0 aromatic carbocycles. The predicted molar refractivity (Wildman–Crippen MR) is 95.5 cm³/mol. The monoisotopic (exact) mass is 405 g/mol. The van der Waals surface area contributed by atoms with Gasteiger partial charge in [-0.1, -0.05) is 22.8 Å². The molecule has 1 N–H and O–H groups in total. The van der Waals surface area contributed by atoms with Crippen LogP contribution in [0.4, 0.5) is 14.8 Å². The number of aromatic nitrogens is 6. The first-order chi connectivity index (χ1) is 13.4. The van der Waals surface area contributed by atoms with E-state index in [9.17, 15) is 8.78 Å². The van der Waals surface area contributed by atoms with Crippen LogP contribution < -0.4 is 4.90 Å². The Balaban J connectivity index is 1.64. The van der Waals surface area contributed by atoms with Gasteiger partial charge < -0.3 is 14.3 Å². The molecule has 0 unspecified atom stereocenters. The van der Waals surface area contributed by atoms with Crippen LogP contribution in [0.2, 0.25) is 5.15 Å². The van der Waals surface area contributed by atoms with Crippen LogP contribution in [0.5, 0.6) is 0 Å². The Bertz CT molecular complexity index is 1160. The highest BCUT2D eigenvalue weighted by molar-refractivity contribution is 6.29. The number of rotatable bonds is 3. The number of aromatic amines is 1. The number of imidazole rings is 1. The van der Waals surface area contributed by atoms with E-state index >= 15 is 0 Å². The largest absolute Gasteiger partial charge is 0.401 e. The van der Waals surface area contributed by atoms with Crippen LogP contribution in [0.1, 0.15) is 35.9 Å². The normalized spacial score (nSPS) is 17.3. The third-order valence-electron chi connectivity index (χ3n) is 4.70. The van der Waals surface area contributed by atoms with Crippen molar-refractivity contribution >= 4 is 23.1 Å². The van der Waals surface area contributed by atoms with E-state index in [1.165, 1.54) is 0 Å². The Morgan fingerprint density at radius 1 is 1.32 bits per heavy atom. The van der Waals surface area contributed by atoms with E-state index in [-0.39, 0.29) is 6.01 Å². The van der Waals surface area contributed by atoms with Crippen molar-refractivity contribution < 1.29 is 13.2 Å². The Kier molecular flexibility index (Phi) is 3.66. The number of fused-ring (bicyclic) bond motifs is 2. The molecule has 0 bridgehead atoms. The summed E-state index contributed by atoms with van der Waals surface area (Å²) in [5.74, 6) is -3.95. The Hall–Kier alpha value is -3.01. The second kappa shape index (κ2) is 5.99. The molecule has 5 rings (SSSR count). The summed E-state index contributed by atoms with van der Waals surface area (Å²) < 4.78 is 34.0. The van der Waals surface area contributed by atoms with Gasteiger partial charge in [-0.2, -0.15) is 13.9 Å². The highest BCUT2D eigenvalue weighted by atomic mass is 35.5. The summed E-state index contributed by atoms with van der Waals surface area (Å²) in [6.07, 6.45) is 2.23. The molecule has 0 amide bonds. The fourth-order valence-corrected chi connectivity index (χ4v) is 3.63. The van der Waals surface area contributed by atoms with E-state index in [4.69, 9.17) is 16.0 Å². The highest BCUT2D eigenvalue weighted by Crippen LogP contribution is 2.37. The minimum atomic E-state index is -3.22. The van der Waals surface area contributed by atoms with Crippen molar-refractivity contribution in [3.8, 4) is 0 Å². The van der Waals surface area contributed by atoms with Gasteiger partial charge >= 0.3 is 11.9 Å². The van der Waals surface area contributed by atoms with Crippen LogP contribution in [0.3, 0.4) is 0 Å². The number of hydrogen-bond donors (Lipinski definition) is 1. The lowest BCUT2D eigenvalue weighted by Crippen LogP contribution is -2.37. The number of anilines is 1. The summed E-state index contributed by atoms with van der Waals surface area (Å²) >= 11 is 6.24. The average Bonchev–Trinajstić information content (AvgIpc) is 3.38. The molecule has 5 heterocycles. The van der Waals surface area contributed by atoms with Crippen LogP contribution >= 0.6 is 11.6 Å². The van der Waals surface area contributed by atoms with Crippen molar-refractivity contribution in [2.24, 2.45) is 0 Å². The minimum absolute atomic E-state index is 0.00155. The first-order valence-corrected chi connectivity index (χ1v) is 8.94. The lowest BCUT2D eigenvalue weighted by molar-refractivity contribution is -0.0107. The standard InChI is InChI=1S/C17H14ClF2N7O/c1-17(19,20)15-23-24-16(28-15)26-6-5-10-13(22-8-21-10)14(26)11-7-9-3-2-4-12(18)27(9)25-11/h2-4,7-8,14H,5-6H2,1H3,(H,21,22)/t14-/m1/s1. The molecule has 0 saturated heterocycles. The van der Waals surface area contributed by atoms with Gasteiger partial charge in [-0.25, -0.2) is 9.50 Å². The molecule has 4 aromatic rings. The van der Waals surface area contributed by atoms with Crippen molar-refractivity contribution in [1.82, 2.24) is 29.8 Å². The van der Waals surface area contributed by atoms with Crippen molar-refractivity contribution in [1.29, 1.82) is 0 Å². The third-order valence-corrected chi connectivity index (χ3v) is 4.99. The van der Waals surface area contributed by atoms with E-state index in [0.717, 1.165) is 16.9 Å². The number of nitrogens with one attached hydrogen (secondary N) is 1. The van der Waals surface area contributed by atoms with E-state index in [2.05, 4.69) is 25.3 Å². The first kappa shape index (κ1) is 17.1. The quantitative estimate of drug-likeness (QED) is 0.526. The highest BCUT2D eigenvalue weighted by Gasteiger charge is 2.38. The van der Waals surface area contributed by atoms with Gasteiger partial charge in [0, 0.05) is 25.6 Å². The first-order valence-electron chi connectivity index (χ1n) is 8.56. The zero-order valence-corrected chi connectivity index (χ0v) is 15.4. The molecule has 144 valence electrons. The zero-order valence-electron chi connectivity index (χ0n) is 14.6. The van der Waals surface area contributed by atoms with Crippen molar-refractivity contribution in [2.75, 3.05) is 11.4 Å². The van der Waals surface area contributed by atoms with E-state index in [1.807, 2.05) is 18.2 Å². The molecule has 0 aliphatic carbocycles. The lowest BCUT2D eigenvalue weighted by atomic mass is 10.0. The van der Waals surface area contributed by atoms with Gasteiger partial charge in [-0.3, -0.25) is 0 Å². The molecule has 11 heteroatoms. The fraction of sp³-hybridized carbons (Fsp3) is 0.294. The van der Waals surface area contributed by atoms with Gasteiger partial charge in [0.2, 0.25) is 0 Å². The van der Waals surface area contributed by atoms with E-state index < -0.39 is 17.9 Å². The second-order valence-corrected chi connectivity index (χ2v) is 7.03. The molecular weight excluding hydrogens is 392 g/mol. The lowest BCUT2D eigenvalue weighted by Gasteiger charge is -2.32. The van der Waals surface area contributed by atoms with Gasteiger partial charge in [0.25, 0.3) is 5.89 Å². The number of nitrogens with zero attached hydrogens (tertiary/aromatic N) is 6. The maximum absolute atomic E-state index is 13.6. The topological polar surface area (TPSA) is 88.1 Å². The Labute approximate surface area is 162 Å². The van der Waals surface area contributed by atoms with Gasteiger partial charge in [-0.15, -0.1) is 5.10 Å². The van der Waals surface area contributed by atoms with Crippen molar-refractivity contribution in [3.63, 3.8) is 0 Å². The Morgan fingerprint density at radius 3 is 2.93 bits per heavy atom. The van der Waals surface area contributed by atoms with Crippen LogP contribution in [0.25, 0.3) is 5.52 Å². The van der Waals surface area contributed by atoms with Gasteiger partial charge in [0.05, 0.1) is 23.2 Å². The van der Waals surface area contributed by atoms with Crippen LogP contribution in [0, 0.1) is 0 Å². The summed E-state index contributed by atoms with van der Waals surface area (Å²) in [4.78, 5) is 9.28. The van der Waals surface area contributed by atoms with Gasteiger partial charge in [0.1, 0.15) is 11.2 Å². The minimum Gasteiger partial charge on any atom is -0.401 e. The summed E-state index contributed by atoms with van der Waals surface area (Å²) in [7, 11) is 0. The summed E-state index contributed by atoms with van der Waals surface area (Å²) in [6.45, 7) is 1.19. The number of pyridine rings is 1. The molecule has 0 spiro atoms. The second-order valence-electron chi connectivity index (χ2n) is 6.64. The number of H-pyrrole nitrogens is 1. The molecule has 0 radical (unpaired) electrons. The molecule has 8 nitrogen and oxygen atoms in total. The Morgan fingerprint density at radius 2 is 2.18 bits per heavy atom. The molecule has 1 atom stereocenters. The molecule has 1 aliphatic rings. The smallest absolute Gasteiger partial charge is 0.321 e. The molecule has 1 aliphatic heterocycles. The zero-order chi connectivity index (χ0) is 19.5. The van der Waals surface area contributed by atoms with E-state index in [1.54, 1.807) is 21.8 Å². The van der Waals surface area contributed by atoms with Gasteiger partial charge in [0.15, 0.2) is 0 Å².